The molecule has 0 aromatic carbocycles. The number of aliphatic hydroxyl groups excluding tert-OH is 1. The van der Waals surface area contributed by atoms with E-state index in [0.29, 0.717) is 0 Å². The van der Waals surface area contributed by atoms with Gasteiger partial charge in [-0.3, -0.25) is 0 Å². The lowest BCUT2D eigenvalue weighted by Gasteiger charge is -2.13. The van der Waals surface area contributed by atoms with Gasteiger partial charge in [-0.05, 0) is 31.4 Å². The standard InChI is InChI=1S/C13H20N2OS/c1-9(16)10(2)17-13-6-3-11(8-15-13)7-14-12-4-5-12/h3,6,8-10,12,14,16H,4-5,7H2,1-2H3. The van der Waals surface area contributed by atoms with Gasteiger partial charge in [-0.2, -0.15) is 0 Å². The molecule has 1 heterocycles. The molecule has 1 aliphatic rings. The number of hydrogen-bond donors (Lipinski definition) is 2. The van der Waals surface area contributed by atoms with Gasteiger partial charge in [-0.15, -0.1) is 11.8 Å². The fraction of sp³-hybridized carbons (Fsp3) is 0.615. The van der Waals surface area contributed by atoms with Crippen molar-refractivity contribution in [1.82, 2.24) is 10.3 Å². The Morgan fingerprint density at radius 2 is 2.24 bits per heavy atom. The molecule has 1 saturated carbocycles. The molecule has 0 amide bonds. The SMILES string of the molecule is CC(O)C(C)Sc1ccc(CNC2CC2)cn1. The molecule has 1 aliphatic carbocycles. The fourth-order valence-electron chi connectivity index (χ4n) is 1.42. The lowest BCUT2D eigenvalue weighted by Crippen LogP contribution is -2.16. The summed E-state index contributed by atoms with van der Waals surface area (Å²) in [7, 11) is 0. The molecule has 2 rings (SSSR count). The molecule has 0 saturated heterocycles. The van der Waals surface area contributed by atoms with Crippen LogP contribution in [0.15, 0.2) is 23.4 Å². The zero-order chi connectivity index (χ0) is 12.3. The Morgan fingerprint density at radius 3 is 2.76 bits per heavy atom. The predicted octanol–water partition coefficient (Wildman–Crippen LogP) is 2.20. The maximum Gasteiger partial charge on any atom is 0.0963 e. The van der Waals surface area contributed by atoms with E-state index in [0.717, 1.165) is 17.6 Å². The summed E-state index contributed by atoms with van der Waals surface area (Å²) in [6, 6.07) is 4.88. The first-order valence-corrected chi connectivity index (χ1v) is 7.06. The zero-order valence-electron chi connectivity index (χ0n) is 10.4. The van der Waals surface area contributed by atoms with E-state index < -0.39 is 0 Å². The number of aliphatic hydroxyl groups is 1. The van der Waals surface area contributed by atoms with Crippen LogP contribution in [-0.4, -0.2) is 27.5 Å². The Bertz CT molecular complexity index is 349. The van der Waals surface area contributed by atoms with Crippen molar-refractivity contribution >= 4 is 11.8 Å². The summed E-state index contributed by atoms with van der Waals surface area (Å²) in [6.07, 6.45) is 4.24. The lowest BCUT2D eigenvalue weighted by atomic mass is 10.3. The summed E-state index contributed by atoms with van der Waals surface area (Å²) in [6.45, 7) is 4.74. The number of hydrogen-bond acceptors (Lipinski definition) is 4. The summed E-state index contributed by atoms with van der Waals surface area (Å²) in [5.41, 5.74) is 1.23. The van der Waals surface area contributed by atoms with Crippen molar-refractivity contribution in [2.75, 3.05) is 0 Å². The van der Waals surface area contributed by atoms with Crippen LogP contribution in [0.25, 0.3) is 0 Å². The summed E-state index contributed by atoms with van der Waals surface area (Å²) in [4.78, 5) is 4.41. The number of rotatable bonds is 6. The Morgan fingerprint density at radius 1 is 1.47 bits per heavy atom. The van der Waals surface area contributed by atoms with Gasteiger partial charge in [0.25, 0.3) is 0 Å². The molecule has 0 aliphatic heterocycles. The third kappa shape index (κ3) is 4.30. The van der Waals surface area contributed by atoms with Crippen molar-refractivity contribution < 1.29 is 5.11 Å². The molecular weight excluding hydrogens is 232 g/mol. The van der Waals surface area contributed by atoms with Crippen molar-refractivity contribution in [2.24, 2.45) is 0 Å². The predicted molar refractivity (Wildman–Crippen MR) is 71.1 cm³/mol. The van der Waals surface area contributed by atoms with E-state index >= 15 is 0 Å². The number of nitrogens with zero attached hydrogens (tertiary/aromatic N) is 1. The van der Waals surface area contributed by atoms with Gasteiger partial charge in [-0.1, -0.05) is 13.0 Å². The number of thioether (sulfide) groups is 1. The van der Waals surface area contributed by atoms with Gasteiger partial charge in [0.1, 0.15) is 0 Å². The van der Waals surface area contributed by atoms with Crippen molar-refractivity contribution in [3.05, 3.63) is 23.9 Å². The number of nitrogens with one attached hydrogen (secondary N) is 1. The van der Waals surface area contributed by atoms with Crippen LogP contribution < -0.4 is 5.32 Å². The zero-order valence-corrected chi connectivity index (χ0v) is 11.2. The average Bonchev–Trinajstić information content (AvgIpc) is 3.12. The maximum absolute atomic E-state index is 9.43. The summed E-state index contributed by atoms with van der Waals surface area (Å²) >= 11 is 1.62. The minimum absolute atomic E-state index is 0.179. The first kappa shape index (κ1) is 12.9. The van der Waals surface area contributed by atoms with Gasteiger partial charge in [-0.25, -0.2) is 4.98 Å². The highest BCUT2D eigenvalue weighted by atomic mass is 32.2. The Hall–Kier alpha value is -0.580. The van der Waals surface area contributed by atoms with Crippen molar-refractivity contribution in [3.63, 3.8) is 0 Å². The van der Waals surface area contributed by atoms with E-state index in [-0.39, 0.29) is 11.4 Å². The monoisotopic (exact) mass is 252 g/mol. The van der Waals surface area contributed by atoms with E-state index in [1.54, 1.807) is 11.8 Å². The molecule has 2 N–H and O–H groups in total. The van der Waals surface area contributed by atoms with E-state index in [1.165, 1.54) is 18.4 Å². The van der Waals surface area contributed by atoms with Crippen molar-refractivity contribution in [3.8, 4) is 0 Å². The van der Waals surface area contributed by atoms with Crippen LogP contribution in [0, 0.1) is 0 Å². The number of pyridine rings is 1. The molecule has 1 fully saturated rings. The van der Waals surface area contributed by atoms with Gasteiger partial charge < -0.3 is 10.4 Å². The second-order valence-electron chi connectivity index (χ2n) is 4.72. The molecular formula is C13H20N2OS. The van der Waals surface area contributed by atoms with Crippen LogP contribution in [-0.2, 0) is 6.54 Å². The van der Waals surface area contributed by atoms with Crippen molar-refractivity contribution in [1.29, 1.82) is 0 Å². The molecule has 0 radical (unpaired) electrons. The highest BCUT2D eigenvalue weighted by molar-refractivity contribution is 7.99. The maximum atomic E-state index is 9.43. The Balaban J connectivity index is 1.83. The molecule has 4 heteroatoms. The van der Waals surface area contributed by atoms with Gasteiger partial charge in [0.15, 0.2) is 0 Å². The smallest absolute Gasteiger partial charge is 0.0963 e. The van der Waals surface area contributed by atoms with E-state index in [1.807, 2.05) is 26.1 Å². The largest absolute Gasteiger partial charge is 0.392 e. The van der Waals surface area contributed by atoms with Crippen LogP contribution >= 0.6 is 11.8 Å². The van der Waals surface area contributed by atoms with E-state index in [4.69, 9.17) is 0 Å². The average molecular weight is 252 g/mol. The van der Waals surface area contributed by atoms with Gasteiger partial charge in [0, 0.05) is 24.0 Å². The Kier molecular flexibility index (Phi) is 4.42. The first-order chi connectivity index (χ1) is 8.15. The minimum Gasteiger partial charge on any atom is -0.392 e. The molecule has 94 valence electrons. The topological polar surface area (TPSA) is 45.1 Å². The molecule has 1 aromatic rings. The molecule has 1 aromatic heterocycles. The highest BCUT2D eigenvalue weighted by Gasteiger charge is 2.19. The van der Waals surface area contributed by atoms with E-state index in [9.17, 15) is 5.11 Å². The minimum atomic E-state index is -0.307. The van der Waals surface area contributed by atoms with Gasteiger partial charge in [0.05, 0.1) is 11.1 Å². The summed E-state index contributed by atoms with van der Waals surface area (Å²) in [5.74, 6) is 0. The fourth-order valence-corrected chi connectivity index (χ4v) is 2.26. The van der Waals surface area contributed by atoms with Gasteiger partial charge >= 0.3 is 0 Å². The first-order valence-electron chi connectivity index (χ1n) is 6.18. The van der Waals surface area contributed by atoms with E-state index in [2.05, 4.69) is 16.4 Å². The van der Waals surface area contributed by atoms with Crippen LogP contribution in [0.1, 0.15) is 32.3 Å². The second-order valence-corrected chi connectivity index (χ2v) is 6.12. The molecule has 2 unspecified atom stereocenters. The third-order valence-electron chi connectivity index (χ3n) is 2.96. The summed E-state index contributed by atoms with van der Waals surface area (Å²) < 4.78 is 0. The number of aromatic nitrogens is 1. The molecule has 17 heavy (non-hydrogen) atoms. The van der Waals surface area contributed by atoms with Crippen LogP contribution in [0.2, 0.25) is 0 Å². The van der Waals surface area contributed by atoms with Crippen LogP contribution in [0.3, 0.4) is 0 Å². The highest BCUT2D eigenvalue weighted by Crippen LogP contribution is 2.23. The molecule has 0 bridgehead atoms. The van der Waals surface area contributed by atoms with Crippen LogP contribution in [0.5, 0.6) is 0 Å². The molecule has 2 atom stereocenters. The molecule has 0 spiro atoms. The lowest BCUT2D eigenvalue weighted by molar-refractivity contribution is 0.196. The Labute approximate surface area is 107 Å². The van der Waals surface area contributed by atoms with Gasteiger partial charge in [0.2, 0.25) is 0 Å². The normalized spacial score (nSPS) is 19.0. The quantitative estimate of drug-likeness (QED) is 0.762. The van der Waals surface area contributed by atoms with Crippen LogP contribution in [0.4, 0.5) is 0 Å². The molecule has 3 nitrogen and oxygen atoms in total. The third-order valence-corrected chi connectivity index (χ3v) is 4.20. The van der Waals surface area contributed by atoms with Crippen molar-refractivity contribution in [2.45, 2.75) is 55.7 Å². The second kappa shape index (κ2) is 5.85. The summed E-state index contributed by atoms with van der Waals surface area (Å²) in [5, 5.41) is 14.1.